The van der Waals surface area contributed by atoms with Gasteiger partial charge in [-0.05, 0) is 87.4 Å². The highest BCUT2D eigenvalue weighted by Gasteiger charge is 2.65. The molecular formula is C22H36O4. The zero-order valence-corrected chi connectivity index (χ0v) is 16.9. The number of Topliss-reactive ketones (excluding diaryl/α,β-unsaturated/α-hetero) is 1. The number of ketones is 1. The number of fused-ring (bicyclic) bond motifs is 3. The maximum Gasteiger partial charge on any atom is 0.309 e. The summed E-state index contributed by atoms with van der Waals surface area (Å²) in [7, 11) is 0. The average Bonchev–Trinajstić information content (AvgIpc) is 2.56. The standard InChI is InChI=1S/C22H36O4/c1-5-22-12-9-16-20(3,10-6-11-21(16,4)19(25)26)17(22)8-7-15(18(22)24)13-14(2)23/h15-18,24H,5-13H2,1-4H3,(H,25,26)/t15-,16+,17+,18-,20-,21-,22+/m1/s1. The summed E-state index contributed by atoms with van der Waals surface area (Å²) in [4.78, 5) is 23.8. The number of aliphatic hydroxyl groups is 1. The summed E-state index contributed by atoms with van der Waals surface area (Å²) < 4.78 is 0. The Kier molecular flexibility index (Phi) is 5.05. The van der Waals surface area contributed by atoms with Crippen LogP contribution < -0.4 is 0 Å². The Bertz CT molecular complexity index is 587. The molecule has 4 nitrogen and oxygen atoms in total. The summed E-state index contributed by atoms with van der Waals surface area (Å²) in [5.74, 6) is 0.120. The van der Waals surface area contributed by atoms with Gasteiger partial charge < -0.3 is 15.0 Å². The fraction of sp³-hybridized carbons (Fsp3) is 0.909. The first kappa shape index (κ1) is 19.9. The Balaban J connectivity index is 1.98. The van der Waals surface area contributed by atoms with E-state index < -0.39 is 17.5 Å². The van der Waals surface area contributed by atoms with Gasteiger partial charge in [0.15, 0.2) is 0 Å². The largest absolute Gasteiger partial charge is 0.481 e. The Hall–Kier alpha value is -0.900. The van der Waals surface area contributed by atoms with Crippen LogP contribution in [-0.4, -0.2) is 28.1 Å². The number of aliphatic hydroxyl groups excluding tert-OH is 1. The van der Waals surface area contributed by atoms with Gasteiger partial charge in [-0.2, -0.15) is 0 Å². The first-order chi connectivity index (χ1) is 12.1. The molecular weight excluding hydrogens is 328 g/mol. The SMILES string of the molecule is CC[C@]12CC[C@H]3[C@@](C)(CCC[C@@]3(C)C(=O)O)[C@@H]1CC[C@H](CC(C)=O)[C@H]2O. The average molecular weight is 365 g/mol. The van der Waals surface area contributed by atoms with Crippen LogP contribution in [0.25, 0.3) is 0 Å². The maximum atomic E-state index is 12.1. The van der Waals surface area contributed by atoms with Crippen molar-refractivity contribution in [3.05, 3.63) is 0 Å². The molecule has 148 valence electrons. The van der Waals surface area contributed by atoms with Crippen LogP contribution in [0.4, 0.5) is 0 Å². The van der Waals surface area contributed by atoms with Gasteiger partial charge in [0.1, 0.15) is 5.78 Å². The van der Waals surface area contributed by atoms with E-state index in [0.29, 0.717) is 12.3 Å². The van der Waals surface area contributed by atoms with Crippen molar-refractivity contribution >= 4 is 11.8 Å². The first-order valence-electron chi connectivity index (χ1n) is 10.5. The van der Waals surface area contributed by atoms with Gasteiger partial charge in [-0.15, -0.1) is 0 Å². The zero-order chi connectivity index (χ0) is 19.3. The molecule has 0 aromatic rings. The smallest absolute Gasteiger partial charge is 0.309 e. The Labute approximate surface area is 157 Å². The van der Waals surface area contributed by atoms with Crippen molar-refractivity contribution in [3.8, 4) is 0 Å². The minimum absolute atomic E-state index is 0.0260. The lowest BCUT2D eigenvalue weighted by Crippen LogP contribution is -2.63. The maximum absolute atomic E-state index is 12.1. The number of rotatable bonds is 4. The number of carbonyl (C=O) groups is 2. The second kappa shape index (κ2) is 6.61. The molecule has 3 aliphatic rings. The van der Waals surface area contributed by atoms with E-state index in [0.717, 1.165) is 51.4 Å². The van der Waals surface area contributed by atoms with Crippen molar-refractivity contribution in [1.82, 2.24) is 0 Å². The molecule has 0 spiro atoms. The number of carboxylic acids is 1. The van der Waals surface area contributed by atoms with Crippen molar-refractivity contribution in [2.45, 2.75) is 91.6 Å². The summed E-state index contributed by atoms with van der Waals surface area (Å²) in [6.07, 6.45) is 7.43. The molecule has 4 heteroatoms. The van der Waals surface area contributed by atoms with E-state index in [1.54, 1.807) is 6.92 Å². The molecule has 0 saturated heterocycles. The van der Waals surface area contributed by atoms with Gasteiger partial charge in [0.25, 0.3) is 0 Å². The normalized spacial score (nSPS) is 48.3. The van der Waals surface area contributed by atoms with Gasteiger partial charge >= 0.3 is 5.97 Å². The Morgan fingerprint density at radius 3 is 2.31 bits per heavy atom. The van der Waals surface area contributed by atoms with Gasteiger partial charge in [0, 0.05) is 6.42 Å². The van der Waals surface area contributed by atoms with Gasteiger partial charge in [-0.25, -0.2) is 0 Å². The van der Waals surface area contributed by atoms with Crippen molar-refractivity contribution in [3.63, 3.8) is 0 Å². The monoisotopic (exact) mass is 364 g/mol. The number of aliphatic carboxylic acids is 1. The van der Waals surface area contributed by atoms with Gasteiger partial charge in [-0.3, -0.25) is 4.79 Å². The van der Waals surface area contributed by atoms with Crippen molar-refractivity contribution < 1.29 is 19.8 Å². The van der Waals surface area contributed by atoms with Crippen LogP contribution in [0.3, 0.4) is 0 Å². The van der Waals surface area contributed by atoms with Crippen LogP contribution in [-0.2, 0) is 9.59 Å². The summed E-state index contributed by atoms with van der Waals surface area (Å²) >= 11 is 0. The molecule has 3 rings (SSSR count). The number of carbonyl (C=O) groups excluding carboxylic acids is 1. The molecule has 0 bridgehead atoms. The highest BCUT2D eigenvalue weighted by molar-refractivity contribution is 5.76. The van der Waals surface area contributed by atoms with Crippen LogP contribution in [0.5, 0.6) is 0 Å². The molecule has 26 heavy (non-hydrogen) atoms. The molecule has 2 N–H and O–H groups in total. The predicted octanol–water partition coefficient (Wildman–Crippen LogP) is 4.44. The van der Waals surface area contributed by atoms with Gasteiger partial charge in [0.05, 0.1) is 11.5 Å². The van der Waals surface area contributed by atoms with E-state index in [9.17, 15) is 19.8 Å². The second-order valence-corrected chi connectivity index (χ2v) is 10.0. The highest BCUT2D eigenvalue weighted by atomic mass is 16.4. The second-order valence-electron chi connectivity index (χ2n) is 10.0. The van der Waals surface area contributed by atoms with E-state index in [4.69, 9.17) is 0 Å². The first-order valence-corrected chi connectivity index (χ1v) is 10.5. The molecule has 0 aliphatic heterocycles. The Morgan fingerprint density at radius 1 is 1.04 bits per heavy atom. The van der Waals surface area contributed by atoms with Crippen LogP contribution in [0.1, 0.15) is 85.5 Å². The number of hydrogen-bond donors (Lipinski definition) is 2. The van der Waals surface area contributed by atoms with E-state index in [1.807, 2.05) is 6.92 Å². The van der Waals surface area contributed by atoms with E-state index in [2.05, 4.69) is 13.8 Å². The topological polar surface area (TPSA) is 74.6 Å². The number of hydrogen-bond acceptors (Lipinski definition) is 3. The summed E-state index contributed by atoms with van der Waals surface area (Å²) in [5, 5.41) is 21.3. The van der Waals surface area contributed by atoms with Crippen molar-refractivity contribution in [1.29, 1.82) is 0 Å². The minimum Gasteiger partial charge on any atom is -0.481 e. The highest BCUT2D eigenvalue weighted by Crippen LogP contribution is 2.69. The third-order valence-corrected chi connectivity index (χ3v) is 8.92. The Morgan fingerprint density at radius 2 is 1.73 bits per heavy atom. The summed E-state index contributed by atoms with van der Waals surface area (Å²) in [5.41, 5.74) is -0.823. The molecule has 0 unspecified atom stereocenters. The molecule has 0 heterocycles. The van der Waals surface area contributed by atoms with Crippen LogP contribution >= 0.6 is 0 Å². The lowest BCUT2D eigenvalue weighted by atomic mass is 9.39. The predicted molar refractivity (Wildman–Crippen MR) is 101 cm³/mol. The zero-order valence-electron chi connectivity index (χ0n) is 16.9. The molecule has 0 aromatic heterocycles. The fourth-order valence-corrected chi connectivity index (χ4v) is 7.67. The van der Waals surface area contributed by atoms with Crippen LogP contribution in [0.15, 0.2) is 0 Å². The van der Waals surface area contributed by atoms with Crippen molar-refractivity contribution in [2.24, 2.45) is 34.0 Å². The lowest BCUT2D eigenvalue weighted by molar-refractivity contribution is -0.212. The molecule has 3 fully saturated rings. The number of carboxylic acid groups (broad SMARTS) is 1. The molecule has 0 radical (unpaired) electrons. The quantitative estimate of drug-likeness (QED) is 0.773. The molecule has 7 atom stereocenters. The minimum atomic E-state index is -0.650. The third kappa shape index (κ3) is 2.66. The molecule has 0 aromatic carbocycles. The van der Waals surface area contributed by atoms with E-state index in [1.165, 1.54) is 0 Å². The summed E-state index contributed by atoms with van der Waals surface area (Å²) in [6.45, 7) is 8.06. The van der Waals surface area contributed by atoms with Gasteiger partial charge in [0.2, 0.25) is 0 Å². The van der Waals surface area contributed by atoms with Gasteiger partial charge in [-0.1, -0.05) is 20.3 Å². The lowest BCUT2D eigenvalue weighted by Gasteiger charge is -2.66. The fourth-order valence-electron chi connectivity index (χ4n) is 7.67. The van der Waals surface area contributed by atoms with E-state index >= 15 is 0 Å². The molecule has 3 saturated carbocycles. The van der Waals surface area contributed by atoms with E-state index in [-0.39, 0.29) is 28.4 Å². The molecule has 3 aliphatic carbocycles. The van der Waals surface area contributed by atoms with Crippen LogP contribution in [0.2, 0.25) is 0 Å². The molecule has 0 amide bonds. The van der Waals surface area contributed by atoms with Crippen molar-refractivity contribution in [2.75, 3.05) is 0 Å². The third-order valence-electron chi connectivity index (χ3n) is 8.92. The van der Waals surface area contributed by atoms with Crippen LogP contribution in [0, 0.1) is 34.0 Å². The summed E-state index contributed by atoms with van der Waals surface area (Å²) in [6, 6.07) is 0.